The van der Waals surface area contributed by atoms with Gasteiger partial charge in [0.2, 0.25) is 5.91 Å². The zero-order valence-electron chi connectivity index (χ0n) is 10.5. The summed E-state index contributed by atoms with van der Waals surface area (Å²) in [5.74, 6) is -1.23. The summed E-state index contributed by atoms with van der Waals surface area (Å²) in [6.07, 6.45) is 0. The van der Waals surface area contributed by atoms with E-state index in [1.807, 2.05) is 0 Å². The van der Waals surface area contributed by atoms with Crippen molar-refractivity contribution in [2.24, 2.45) is 5.92 Å². The van der Waals surface area contributed by atoms with Crippen LogP contribution in [-0.2, 0) is 9.59 Å². The number of carbonyl (C=O) groups is 2. The Bertz CT molecular complexity index is 502. The van der Waals surface area contributed by atoms with Gasteiger partial charge < -0.3 is 10.4 Å². The molecule has 1 amide bonds. The maximum Gasteiger partial charge on any atom is 0.307 e. The van der Waals surface area contributed by atoms with Gasteiger partial charge in [0, 0.05) is 10.8 Å². The Morgan fingerprint density at radius 2 is 1.85 bits per heavy atom. The van der Waals surface area contributed by atoms with Gasteiger partial charge in [-0.1, -0.05) is 41.7 Å². The fourth-order valence-electron chi connectivity index (χ4n) is 1.24. The molecular formula is C12H12Cl3NO3S. The molecule has 0 bridgehead atoms. The second-order valence-electron chi connectivity index (χ2n) is 4.05. The number of carboxylic acid groups (broad SMARTS) is 1. The summed E-state index contributed by atoms with van der Waals surface area (Å²) < 4.78 is 0. The van der Waals surface area contributed by atoms with Crippen molar-refractivity contribution in [3.8, 4) is 0 Å². The number of hydrogen-bond acceptors (Lipinski definition) is 3. The number of halogens is 3. The molecule has 0 spiro atoms. The van der Waals surface area contributed by atoms with E-state index in [9.17, 15) is 9.59 Å². The molecule has 1 atom stereocenters. The second-order valence-corrected chi connectivity index (χ2v) is 6.33. The van der Waals surface area contributed by atoms with E-state index < -0.39 is 11.9 Å². The van der Waals surface area contributed by atoms with Gasteiger partial charge in [0.15, 0.2) is 0 Å². The molecule has 0 aromatic heterocycles. The molecule has 1 aromatic carbocycles. The van der Waals surface area contributed by atoms with Crippen LogP contribution in [0.25, 0.3) is 0 Å². The Balaban J connectivity index is 2.53. The number of nitrogens with one attached hydrogen (secondary N) is 1. The lowest BCUT2D eigenvalue weighted by atomic mass is 10.2. The SMILES string of the molecule is CC(CSCC(=O)Nc1c(Cl)cc(Cl)cc1Cl)C(=O)O. The first-order valence-electron chi connectivity index (χ1n) is 5.56. The molecule has 0 fully saturated rings. The number of amides is 1. The minimum Gasteiger partial charge on any atom is -0.481 e. The summed E-state index contributed by atoms with van der Waals surface area (Å²) in [6.45, 7) is 1.58. The van der Waals surface area contributed by atoms with E-state index >= 15 is 0 Å². The third-order valence-corrected chi connectivity index (χ3v) is 4.31. The Labute approximate surface area is 135 Å². The molecule has 110 valence electrons. The molecule has 0 aliphatic rings. The number of benzene rings is 1. The second kappa shape index (κ2) is 7.98. The summed E-state index contributed by atoms with van der Waals surface area (Å²) >= 11 is 18.9. The van der Waals surface area contributed by atoms with E-state index in [0.29, 0.717) is 16.5 Å². The van der Waals surface area contributed by atoms with Gasteiger partial charge in [-0.05, 0) is 12.1 Å². The highest BCUT2D eigenvalue weighted by atomic mass is 35.5. The summed E-state index contributed by atoms with van der Waals surface area (Å²) in [4.78, 5) is 22.3. The molecule has 1 unspecified atom stereocenters. The Morgan fingerprint density at radius 1 is 1.30 bits per heavy atom. The average molecular weight is 357 g/mol. The number of thioether (sulfide) groups is 1. The molecule has 8 heteroatoms. The number of carbonyl (C=O) groups excluding carboxylic acids is 1. The van der Waals surface area contributed by atoms with Gasteiger partial charge >= 0.3 is 5.97 Å². The summed E-state index contributed by atoms with van der Waals surface area (Å²) in [5, 5.41) is 12.2. The van der Waals surface area contributed by atoms with E-state index in [1.54, 1.807) is 6.92 Å². The number of anilines is 1. The zero-order valence-corrected chi connectivity index (χ0v) is 13.5. The standard InChI is InChI=1S/C12H12Cl3NO3S/c1-6(12(18)19)4-20-5-10(17)16-11-8(14)2-7(13)3-9(11)15/h2-3,6H,4-5H2,1H3,(H,16,17)(H,18,19). The number of carboxylic acids is 1. The van der Waals surface area contributed by atoms with E-state index in [4.69, 9.17) is 39.9 Å². The quantitative estimate of drug-likeness (QED) is 0.807. The van der Waals surface area contributed by atoms with Gasteiger partial charge in [0.1, 0.15) is 0 Å². The molecule has 0 saturated carbocycles. The molecule has 0 aliphatic heterocycles. The lowest BCUT2D eigenvalue weighted by Crippen LogP contribution is -2.17. The van der Waals surface area contributed by atoms with Gasteiger partial charge in [-0.15, -0.1) is 0 Å². The van der Waals surface area contributed by atoms with Crippen molar-refractivity contribution in [3.05, 3.63) is 27.2 Å². The van der Waals surface area contributed by atoms with Gasteiger partial charge in [-0.3, -0.25) is 9.59 Å². The van der Waals surface area contributed by atoms with Crippen molar-refractivity contribution in [1.82, 2.24) is 0 Å². The van der Waals surface area contributed by atoms with Crippen LogP contribution in [0, 0.1) is 5.92 Å². The molecule has 0 aliphatic carbocycles. The van der Waals surface area contributed by atoms with Crippen LogP contribution in [0.15, 0.2) is 12.1 Å². The molecular weight excluding hydrogens is 345 g/mol. The van der Waals surface area contributed by atoms with Crippen molar-refractivity contribution in [1.29, 1.82) is 0 Å². The van der Waals surface area contributed by atoms with Crippen LogP contribution in [0.5, 0.6) is 0 Å². The molecule has 0 saturated heterocycles. The molecule has 1 aromatic rings. The maximum atomic E-state index is 11.7. The normalized spacial score (nSPS) is 12.0. The largest absolute Gasteiger partial charge is 0.481 e. The Kier molecular flexibility index (Phi) is 6.95. The number of hydrogen-bond donors (Lipinski definition) is 2. The molecule has 20 heavy (non-hydrogen) atoms. The minimum absolute atomic E-state index is 0.118. The molecule has 2 N–H and O–H groups in total. The van der Waals surface area contributed by atoms with Crippen molar-refractivity contribution in [3.63, 3.8) is 0 Å². The fourth-order valence-corrected chi connectivity index (χ4v) is 3.02. The lowest BCUT2D eigenvalue weighted by molar-refractivity contribution is -0.140. The van der Waals surface area contributed by atoms with Crippen LogP contribution >= 0.6 is 46.6 Å². The van der Waals surface area contributed by atoms with Crippen LogP contribution in [-0.4, -0.2) is 28.5 Å². The predicted octanol–water partition coefficient (Wildman–Crippen LogP) is 4.04. The zero-order chi connectivity index (χ0) is 15.3. The minimum atomic E-state index is -0.887. The number of rotatable bonds is 6. The van der Waals surface area contributed by atoms with Crippen molar-refractivity contribution >= 4 is 64.1 Å². The van der Waals surface area contributed by atoms with Gasteiger partial charge in [0.05, 0.1) is 27.4 Å². The third kappa shape index (κ3) is 5.40. The highest BCUT2D eigenvalue weighted by Gasteiger charge is 2.14. The van der Waals surface area contributed by atoms with Gasteiger partial charge in [0.25, 0.3) is 0 Å². The average Bonchev–Trinajstić information content (AvgIpc) is 2.33. The third-order valence-electron chi connectivity index (χ3n) is 2.29. The van der Waals surface area contributed by atoms with Crippen LogP contribution < -0.4 is 5.32 Å². The molecule has 0 heterocycles. The van der Waals surface area contributed by atoms with E-state index in [-0.39, 0.29) is 21.7 Å². The van der Waals surface area contributed by atoms with Crippen LogP contribution in [0.1, 0.15) is 6.92 Å². The first kappa shape index (κ1) is 17.4. The van der Waals surface area contributed by atoms with Crippen molar-refractivity contribution in [2.45, 2.75) is 6.92 Å². The van der Waals surface area contributed by atoms with Gasteiger partial charge in [-0.2, -0.15) is 11.8 Å². The summed E-state index contributed by atoms with van der Waals surface area (Å²) in [6, 6.07) is 2.95. The topological polar surface area (TPSA) is 66.4 Å². The predicted molar refractivity (Wildman–Crippen MR) is 84.2 cm³/mol. The summed E-state index contributed by atoms with van der Waals surface area (Å²) in [7, 11) is 0. The lowest BCUT2D eigenvalue weighted by Gasteiger charge is -2.10. The van der Waals surface area contributed by atoms with Gasteiger partial charge in [-0.25, -0.2) is 0 Å². The molecule has 1 rings (SSSR count). The van der Waals surface area contributed by atoms with E-state index in [1.165, 1.54) is 23.9 Å². The Hall–Kier alpha value is -0.620. The van der Waals surface area contributed by atoms with Crippen LogP contribution in [0.3, 0.4) is 0 Å². The highest BCUT2D eigenvalue weighted by molar-refractivity contribution is 8.00. The smallest absolute Gasteiger partial charge is 0.307 e. The first-order valence-corrected chi connectivity index (χ1v) is 7.85. The van der Waals surface area contributed by atoms with Crippen molar-refractivity contribution in [2.75, 3.05) is 16.8 Å². The fraction of sp³-hybridized carbons (Fsp3) is 0.333. The maximum absolute atomic E-state index is 11.7. The van der Waals surface area contributed by atoms with Crippen LogP contribution in [0.2, 0.25) is 15.1 Å². The monoisotopic (exact) mass is 355 g/mol. The highest BCUT2D eigenvalue weighted by Crippen LogP contribution is 2.33. The summed E-state index contributed by atoms with van der Waals surface area (Å²) in [5.41, 5.74) is 0.301. The van der Waals surface area contributed by atoms with Crippen LogP contribution in [0.4, 0.5) is 5.69 Å². The molecule has 4 nitrogen and oxygen atoms in total. The van der Waals surface area contributed by atoms with E-state index in [0.717, 1.165) is 0 Å². The van der Waals surface area contributed by atoms with Crippen molar-refractivity contribution < 1.29 is 14.7 Å². The van der Waals surface area contributed by atoms with E-state index in [2.05, 4.69) is 5.32 Å². The Morgan fingerprint density at radius 3 is 2.35 bits per heavy atom. The first-order chi connectivity index (χ1) is 9.31. The molecule has 0 radical (unpaired) electrons. The number of aliphatic carboxylic acids is 1.